The molecule has 3 aromatic rings. The Bertz CT molecular complexity index is 1020. The normalized spacial score (nSPS) is 10.7. The van der Waals surface area contributed by atoms with E-state index < -0.39 is 5.97 Å². The van der Waals surface area contributed by atoms with Crippen LogP contribution in [0, 0.1) is 12.7 Å². The van der Waals surface area contributed by atoms with Crippen molar-refractivity contribution < 1.29 is 14.3 Å². The third kappa shape index (κ3) is 4.95. The molecule has 3 rings (SSSR count). The van der Waals surface area contributed by atoms with E-state index in [2.05, 4.69) is 4.98 Å². The molecule has 0 aliphatic rings. The highest BCUT2D eigenvalue weighted by atomic mass is 35.5. The number of nitrogens with zero attached hydrogens (tertiary/aromatic N) is 2. The van der Waals surface area contributed by atoms with Gasteiger partial charge in [0.15, 0.2) is 5.82 Å². The van der Waals surface area contributed by atoms with Gasteiger partial charge in [-0.15, -0.1) is 0 Å². The van der Waals surface area contributed by atoms with Crippen LogP contribution in [0.4, 0.5) is 10.2 Å². The maximum absolute atomic E-state index is 14.0. The van der Waals surface area contributed by atoms with E-state index in [0.717, 1.165) is 10.5 Å². The van der Waals surface area contributed by atoms with Crippen molar-refractivity contribution in [2.24, 2.45) is 0 Å². The monoisotopic (exact) mass is 436 g/mol. The number of aryl methyl sites for hydroxylation is 1. The number of halogens is 3. The van der Waals surface area contributed by atoms with Crippen molar-refractivity contribution in [3.8, 4) is 0 Å². The lowest BCUT2D eigenvalue weighted by Crippen LogP contribution is -2.16. The van der Waals surface area contributed by atoms with Gasteiger partial charge in [0.25, 0.3) is 0 Å². The fourth-order valence-corrected chi connectivity index (χ4v) is 3.92. The van der Waals surface area contributed by atoms with Gasteiger partial charge in [0.1, 0.15) is 5.82 Å². The maximum atomic E-state index is 14.0. The largest absolute Gasteiger partial charge is 0.478 e. The summed E-state index contributed by atoms with van der Waals surface area (Å²) in [6.07, 6.45) is 1.49. The van der Waals surface area contributed by atoms with Crippen LogP contribution in [0.3, 0.4) is 0 Å². The van der Waals surface area contributed by atoms with Crippen LogP contribution in [0.5, 0.6) is 0 Å². The number of rotatable bonds is 6. The standard InChI is InChI=1S/C20H15Cl2FN2O2S/c1-12-2-3-13(8-18(12)23)11-25(19-17(22)9-15(21)10-24-19)28-16-6-4-14(5-7-16)20(26)27/h2-10H,11H2,1H3,(H,26,27). The van der Waals surface area contributed by atoms with Crippen LogP contribution >= 0.6 is 35.1 Å². The second-order valence-corrected chi connectivity index (χ2v) is 7.94. The lowest BCUT2D eigenvalue weighted by molar-refractivity contribution is 0.0697. The Morgan fingerprint density at radius 2 is 1.89 bits per heavy atom. The van der Waals surface area contributed by atoms with Crippen molar-refractivity contribution in [3.63, 3.8) is 0 Å². The van der Waals surface area contributed by atoms with Crippen molar-refractivity contribution in [2.75, 3.05) is 4.31 Å². The Balaban J connectivity index is 1.93. The van der Waals surface area contributed by atoms with Crippen LogP contribution in [-0.2, 0) is 6.54 Å². The molecule has 2 aromatic carbocycles. The molecule has 4 nitrogen and oxygen atoms in total. The third-order valence-electron chi connectivity index (χ3n) is 3.90. The van der Waals surface area contributed by atoms with Gasteiger partial charge in [0.05, 0.1) is 22.2 Å². The molecule has 0 aliphatic carbocycles. The van der Waals surface area contributed by atoms with Crippen molar-refractivity contribution in [3.05, 3.63) is 87.3 Å². The molecule has 0 fully saturated rings. The first-order valence-corrected chi connectivity index (χ1v) is 9.71. The van der Waals surface area contributed by atoms with Crippen LogP contribution in [0.25, 0.3) is 0 Å². The van der Waals surface area contributed by atoms with Crippen molar-refractivity contribution in [1.82, 2.24) is 4.98 Å². The number of carboxylic acids is 1. The van der Waals surface area contributed by atoms with Gasteiger partial charge in [-0.3, -0.25) is 4.31 Å². The summed E-state index contributed by atoms with van der Waals surface area (Å²) >= 11 is 13.6. The summed E-state index contributed by atoms with van der Waals surface area (Å²) in [6.45, 7) is 2.03. The summed E-state index contributed by atoms with van der Waals surface area (Å²) in [5, 5.41) is 9.81. The maximum Gasteiger partial charge on any atom is 0.335 e. The molecule has 144 valence electrons. The van der Waals surface area contributed by atoms with E-state index in [1.54, 1.807) is 35.5 Å². The highest BCUT2D eigenvalue weighted by Crippen LogP contribution is 2.35. The fourth-order valence-electron chi connectivity index (χ4n) is 2.43. The molecular weight excluding hydrogens is 422 g/mol. The molecule has 0 bridgehead atoms. The van der Waals surface area contributed by atoms with Crippen molar-refractivity contribution >= 4 is 46.9 Å². The van der Waals surface area contributed by atoms with Gasteiger partial charge in [-0.2, -0.15) is 0 Å². The lowest BCUT2D eigenvalue weighted by atomic mass is 10.1. The summed E-state index contributed by atoms with van der Waals surface area (Å²) in [6, 6.07) is 13.0. The summed E-state index contributed by atoms with van der Waals surface area (Å²) < 4.78 is 15.8. The average molecular weight is 437 g/mol. The minimum absolute atomic E-state index is 0.194. The smallest absolute Gasteiger partial charge is 0.335 e. The molecular formula is C20H15Cl2FN2O2S. The van der Waals surface area contributed by atoms with Gasteiger partial charge in [-0.05, 0) is 66.4 Å². The molecule has 0 radical (unpaired) electrons. The first-order chi connectivity index (χ1) is 13.3. The zero-order valence-electron chi connectivity index (χ0n) is 14.7. The quantitative estimate of drug-likeness (QED) is 0.462. The number of benzene rings is 2. The first-order valence-electron chi connectivity index (χ1n) is 8.18. The highest BCUT2D eigenvalue weighted by molar-refractivity contribution is 8.00. The number of aromatic carboxylic acids is 1. The molecule has 0 spiro atoms. The molecule has 0 amide bonds. The van der Waals surface area contributed by atoms with Crippen LogP contribution in [0.15, 0.2) is 59.6 Å². The van der Waals surface area contributed by atoms with E-state index in [0.29, 0.717) is 28.0 Å². The van der Waals surface area contributed by atoms with Crippen LogP contribution in [0.2, 0.25) is 10.0 Å². The Hall–Kier alpha value is -2.28. The molecule has 0 unspecified atom stereocenters. The predicted octanol–water partition coefficient (Wildman–Crippen LogP) is 6.25. The predicted molar refractivity (Wildman–Crippen MR) is 111 cm³/mol. The Kier molecular flexibility index (Phi) is 6.44. The summed E-state index contributed by atoms with van der Waals surface area (Å²) in [5.41, 5.74) is 1.50. The van der Waals surface area contributed by atoms with Gasteiger partial charge in [0.2, 0.25) is 0 Å². The SMILES string of the molecule is Cc1ccc(CN(Sc2ccc(C(=O)O)cc2)c2ncc(Cl)cc2Cl)cc1F. The highest BCUT2D eigenvalue weighted by Gasteiger charge is 2.16. The van der Waals surface area contributed by atoms with Crippen molar-refractivity contribution in [2.45, 2.75) is 18.4 Å². The van der Waals surface area contributed by atoms with Crippen LogP contribution < -0.4 is 4.31 Å². The molecule has 28 heavy (non-hydrogen) atoms. The Morgan fingerprint density at radius 3 is 2.50 bits per heavy atom. The number of pyridine rings is 1. The Labute approximate surface area is 176 Å². The van der Waals surface area contributed by atoms with E-state index in [4.69, 9.17) is 28.3 Å². The van der Waals surface area contributed by atoms with Gasteiger partial charge in [-0.1, -0.05) is 35.3 Å². The van der Waals surface area contributed by atoms with Gasteiger partial charge in [0, 0.05) is 11.1 Å². The number of hydrogen-bond acceptors (Lipinski definition) is 4. The van der Waals surface area contributed by atoms with Crippen LogP contribution in [0.1, 0.15) is 21.5 Å². The number of anilines is 1. The van der Waals surface area contributed by atoms with E-state index in [1.807, 2.05) is 6.07 Å². The topological polar surface area (TPSA) is 53.4 Å². The second-order valence-electron chi connectivity index (χ2n) is 6.00. The minimum atomic E-state index is -0.994. The van der Waals surface area contributed by atoms with Gasteiger partial charge >= 0.3 is 5.97 Å². The number of carboxylic acid groups (broad SMARTS) is 1. The van der Waals surface area contributed by atoms with Crippen molar-refractivity contribution in [1.29, 1.82) is 0 Å². The zero-order chi connectivity index (χ0) is 20.3. The summed E-state index contributed by atoms with van der Waals surface area (Å²) in [7, 11) is 0. The molecule has 1 N–H and O–H groups in total. The number of aromatic nitrogens is 1. The van der Waals surface area contributed by atoms with E-state index in [1.165, 1.54) is 36.3 Å². The molecule has 8 heteroatoms. The van der Waals surface area contributed by atoms with E-state index >= 15 is 0 Å². The molecule has 0 atom stereocenters. The summed E-state index contributed by atoms with van der Waals surface area (Å²) in [5.74, 6) is -0.811. The molecule has 0 aliphatic heterocycles. The average Bonchev–Trinajstić information content (AvgIpc) is 2.65. The lowest BCUT2D eigenvalue weighted by Gasteiger charge is -2.23. The summed E-state index contributed by atoms with van der Waals surface area (Å²) in [4.78, 5) is 16.1. The first kappa shape index (κ1) is 20.5. The number of hydrogen-bond donors (Lipinski definition) is 1. The molecule has 0 saturated carbocycles. The Morgan fingerprint density at radius 1 is 1.18 bits per heavy atom. The van der Waals surface area contributed by atoms with Gasteiger partial charge in [-0.25, -0.2) is 14.2 Å². The van der Waals surface area contributed by atoms with Gasteiger partial charge < -0.3 is 5.11 Å². The van der Waals surface area contributed by atoms with E-state index in [-0.39, 0.29) is 11.4 Å². The second kappa shape index (κ2) is 8.82. The molecule has 1 heterocycles. The minimum Gasteiger partial charge on any atom is -0.478 e. The fraction of sp³-hybridized carbons (Fsp3) is 0.100. The van der Waals surface area contributed by atoms with Crippen LogP contribution in [-0.4, -0.2) is 16.1 Å². The number of carbonyl (C=O) groups is 1. The molecule has 0 saturated heterocycles. The van der Waals surface area contributed by atoms with E-state index in [9.17, 15) is 9.18 Å². The molecule has 1 aromatic heterocycles. The zero-order valence-corrected chi connectivity index (χ0v) is 17.0. The third-order valence-corrected chi connectivity index (χ3v) is 5.39.